The molecule has 0 aromatic carbocycles. The Labute approximate surface area is 698 Å². The van der Waals surface area contributed by atoms with Crippen LogP contribution < -0.4 is 0 Å². The van der Waals surface area contributed by atoms with E-state index in [-0.39, 0.29) is 25.7 Å². The summed E-state index contributed by atoms with van der Waals surface area (Å²) in [6.07, 6.45) is 28.9. The maximum atomic E-state index is 14.9. The summed E-state index contributed by atoms with van der Waals surface area (Å²) < 4.78 is 73.4. The van der Waals surface area contributed by atoms with Crippen LogP contribution >= 0.6 is 7.82 Å². The molecule has 3 rings (SSSR count). The number of carbonyl (C=O) groups is 4. The van der Waals surface area contributed by atoms with Crippen molar-refractivity contribution in [2.45, 2.75) is 498 Å². The van der Waals surface area contributed by atoms with Crippen LogP contribution in [0.2, 0.25) is 0 Å². The molecule has 0 aromatic heterocycles. The fraction of sp³-hybridized carbons (Fsp3) is 0.911. The minimum Gasteiger partial charge on any atom is -0.463 e. The van der Waals surface area contributed by atoms with E-state index in [2.05, 4.69) is 52.0 Å². The van der Waals surface area contributed by atoms with Crippen molar-refractivity contribution in [3.05, 3.63) is 24.3 Å². The summed E-state index contributed by atoms with van der Waals surface area (Å²) in [5, 5.41) is 102. The topological polar surface area (TPSA) is 380 Å². The SMILES string of the molecule is CCCCCC/C=C\CCCCCCCCCC(=O)OCC(COP(=O)(O)OC1C(OC2OC(CO)C(O)C(O)C2O)C(O)C(O)C(OC(=O)CCCCCCCCCCCCCCCCCC)C1OC1OC(COC(=O)CCCCC/C=C\CCCCCCCC)C(O)C(O)C1O)OC(=O)CCCCCCCCCCCCCCC. The van der Waals surface area contributed by atoms with E-state index < -0.39 is 162 Å². The molecule has 1 saturated carbocycles. The molecular formula is C90H165O25P. The molecule has 2 aliphatic heterocycles. The number of carbonyl (C=O) groups excluding carboxylic acids is 4. The number of phosphoric ester groups is 1. The van der Waals surface area contributed by atoms with Crippen molar-refractivity contribution in [3.8, 4) is 0 Å². The number of aliphatic hydroxyl groups is 9. The molecule has 25 nitrogen and oxygen atoms in total. The van der Waals surface area contributed by atoms with Gasteiger partial charge in [-0.3, -0.25) is 28.2 Å². The van der Waals surface area contributed by atoms with Gasteiger partial charge >= 0.3 is 31.7 Å². The van der Waals surface area contributed by atoms with Crippen molar-refractivity contribution in [1.82, 2.24) is 0 Å². The van der Waals surface area contributed by atoms with Crippen molar-refractivity contribution in [2.75, 3.05) is 26.4 Å². The molecule has 0 bridgehead atoms. The molecule has 2 saturated heterocycles. The number of hydrogen-bond donors (Lipinski definition) is 10. The molecule has 0 amide bonds. The number of unbranched alkanes of at least 4 members (excludes halogenated alkanes) is 47. The van der Waals surface area contributed by atoms with Crippen molar-refractivity contribution in [3.63, 3.8) is 0 Å². The third kappa shape index (κ3) is 49.3. The molecule has 26 heteroatoms. The Kier molecular flexibility index (Phi) is 64.1. The smallest absolute Gasteiger partial charge is 0.463 e. The highest BCUT2D eigenvalue weighted by atomic mass is 31.2. The zero-order chi connectivity index (χ0) is 84.7. The summed E-state index contributed by atoms with van der Waals surface area (Å²) in [5.41, 5.74) is 0. The highest BCUT2D eigenvalue weighted by Gasteiger charge is 2.60. The summed E-state index contributed by atoms with van der Waals surface area (Å²) >= 11 is 0. The zero-order valence-corrected chi connectivity index (χ0v) is 73.2. The molecule has 10 N–H and O–H groups in total. The lowest BCUT2D eigenvalue weighted by atomic mass is 9.84. The second-order valence-corrected chi connectivity index (χ2v) is 34.6. The minimum atomic E-state index is -5.81. The molecule has 680 valence electrons. The van der Waals surface area contributed by atoms with Crippen LogP contribution in [0.25, 0.3) is 0 Å². The number of hydrogen-bond acceptors (Lipinski definition) is 24. The lowest BCUT2D eigenvalue weighted by molar-refractivity contribution is -0.360. The molecule has 18 unspecified atom stereocenters. The molecule has 0 radical (unpaired) electrons. The Morgan fingerprint density at radius 3 is 1.04 bits per heavy atom. The Hall–Kier alpha value is -3.05. The van der Waals surface area contributed by atoms with E-state index in [9.17, 15) is 74.6 Å². The summed E-state index contributed by atoms with van der Waals surface area (Å²) in [7, 11) is -5.81. The summed E-state index contributed by atoms with van der Waals surface area (Å²) in [4.78, 5) is 66.4. The molecule has 18 atom stereocenters. The highest BCUT2D eigenvalue weighted by Crippen LogP contribution is 2.49. The second kappa shape index (κ2) is 69.4. The zero-order valence-electron chi connectivity index (χ0n) is 72.3. The summed E-state index contributed by atoms with van der Waals surface area (Å²) in [6.45, 7) is 5.57. The van der Waals surface area contributed by atoms with Gasteiger partial charge in [0, 0.05) is 25.7 Å². The molecule has 2 heterocycles. The Morgan fingerprint density at radius 2 is 0.647 bits per heavy atom. The van der Waals surface area contributed by atoms with Gasteiger partial charge in [-0.1, -0.05) is 315 Å². The fourth-order valence-corrected chi connectivity index (χ4v) is 16.2. The van der Waals surface area contributed by atoms with Crippen LogP contribution in [0.5, 0.6) is 0 Å². The third-order valence-corrected chi connectivity index (χ3v) is 23.7. The maximum Gasteiger partial charge on any atom is 0.472 e. The van der Waals surface area contributed by atoms with Crippen LogP contribution in [0.1, 0.15) is 394 Å². The van der Waals surface area contributed by atoms with Gasteiger partial charge < -0.3 is 88.7 Å². The lowest BCUT2D eigenvalue weighted by Crippen LogP contribution is -2.70. The van der Waals surface area contributed by atoms with Gasteiger partial charge in [-0.15, -0.1) is 0 Å². The van der Waals surface area contributed by atoms with Crippen LogP contribution in [-0.2, 0) is 70.7 Å². The standard InChI is InChI=1S/C90H165O25P/c1-5-9-13-17-21-25-29-33-35-37-41-45-49-53-57-61-65-76(95)112-85-81(100)82(101)86(113-89-83(102)79(98)77(96)71(66-91)110-89)88(87(85)114-90-84(103)80(99)78(97)72(111-90)69-107-74(93)63-59-55-51-47-42-38-31-27-23-19-15-11-7-3)115-116(104,105)108-68-70(109-75(94)64-60-56-52-48-44-39-32-28-24-20-16-12-8-4)67-106-73(92)62-58-54-50-46-43-40-36-34-30-26-22-18-14-10-6-2/h26,30,38,42,70-72,77-91,96-103H,5-25,27-29,31-37,39-41,43-69H2,1-4H3,(H,104,105)/b30-26-,42-38-. The number of allylic oxidation sites excluding steroid dienone is 4. The summed E-state index contributed by atoms with van der Waals surface area (Å²) in [5.74, 6) is -2.98. The largest absolute Gasteiger partial charge is 0.472 e. The predicted octanol–water partition coefficient (Wildman–Crippen LogP) is 16.9. The van der Waals surface area contributed by atoms with E-state index in [1.807, 2.05) is 0 Å². The van der Waals surface area contributed by atoms with E-state index >= 15 is 0 Å². The molecule has 1 aliphatic carbocycles. The van der Waals surface area contributed by atoms with Crippen LogP contribution in [0.3, 0.4) is 0 Å². The maximum absolute atomic E-state index is 14.9. The molecule has 116 heavy (non-hydrogen) atoms. The number of ether oxygens (including phenoxy) is 8. The highest BCUT2D eigenvalue weighted by molar-refractivity contribution is 7.47. The molecule has 0 aromatic rings. The Balaban J connectivity index is 1.93. The first-order chi connectivity index (χ1) is 56.2. The van der Waals surface area contributed by atoms with Crippen LogP contribution in [-0.4, -0.2) is 205 Å². The Morgan fingerprint density at radius 1 is 0.336 bits per heavy atom. The Bertz CT molecular complexity index is 2510. The first kappa shape index (κ1) is 107. The average molecular weight is 1680 g/mol. The van der Waals surface area contributed by atoms with Crippen molar-refractivity contribution in [2.24, 2.45) is 0 Å². The van der Waals surface area contributed by atoms with Gasteiger partial charge in [0.25, 0.3) is 0 Å². The minimum absolute atomic E-state index is 0.00546. The fourth-order valence-electron chi connectivity index (χ4n) is 15.2. The van der Waals surface area contributed by atoms with Crippen LogP contribution in [0.15, 0.2) is 24.3 Å². The van der Waals surface area contributed by atoms with Gasteiger partial charge in [0.05, 0.1) is 13.2 Å². The van der Waals surface area contributed by atoms with Crippen LogP contribution in [0, 0.1) is 0 Å². The molecule has 3 fully saturated rings. The first-order valence-electron chi connectivity index (χ1n) is 46.6. The van der Waals surface area contributed by atoms with Crippen LogP contribution in [0.4, 0.5) is 0 Å². The van der Waals surface area contributed by atoms with E-state index in [1.54, 1.807) is 0 Å². The number of rotatable bonds is 75. The van der Waals surface area contributed by atoms with Gasteiger partial charge in [-0.25, -0.2) is 4.57 Å². The quantitative estimate of drug-likeness (QED) is 0.00889. The van der Waals surface area contributed by atoms with E-state index in [0.29, 0.717) is 38.5 Å². The monoisotopic (exact) mass is 1680 g/mol. The third-order valence-electron chi connectivity index (χ3n) is 22.7. The number of phosphoric acid groups is 1. The summed E-state index contributed by atoms with van der Waals surface area (Å²) in [6, 6.07) is 0. The van der Waals surface area contributed by atoms with Gasteiger partial charge in [0.2, 0.25) is 0 Å². The average Bonchev–Trinajstić information content (AvgIpc) is 0.754. The molecule has 3 aliphatic rings. The lowest BCUT2D eigenvalue weighted by Gasteiger charge is -2.50. The van der Waals surface area contributed by atoms with Crippen molar-refractivity contribution in [1.29, 1.82) is 0 Å². The molecular weight excluding hydrogens is 1510 g/mol. The normalized spacial score (nSPS) is 25.2. The predicted molar refractivity (Wildman–Crippen MR) is 449 cm³/mol. The van der Waals surface area contributed by atoms with E-state index in [4.69, 9.17) is 46.9 Å². The van der Waals surface area contributed by atoms with Crippen molar-refractivity contribution >= 4 is 31.7 Å². The van der Waals surface area contributed by atoms with Gasteiger partial charge in [0.15, 0.2) is 24.8 Å². The van der Waals surface area contributed by atoms with E-state index in [1.165, 1.54) is 161 Å². The van der Waals surface area contributed by atoms with E-state index in [0.717, 1.165) is 141 Å². The number of esters is 4. The molecule has 0 spiro atoms. The van der Waals surface area contributed by atoms with Gasteiger partial charge in [-0.2, -0.15) is 0 Å². The second-order valence-electron chi connectivity index (χ2n) is 33.2. The van der Waals surface area contributed by atoms with Gasteiger partial charge in [0.1, 0.15) is 92.6 Å². The van der Waals surface area contributed by atoms with Gasteiger partial charge in [-0.05, 0) is 77.0 Å². The first-order valence-corrected chi connectivity index (χ1v) is 48.1. The number of aliphatic hydroxyl groups excluding tert-OH is 9. The van der Waals surface area contributed by atoms with Crippen molar-refractivity contribution < 1.29 is 122 Å².